The van der Waals surface area contributed by atoms with Gasteiger partial charge >= 0.3 is 7.60 Å². The molecular weight excluding hydrogens is 902 g/mol. The van der Waals surface area contributed by atoms with E-state index in [-0.39, 0.29) is 31.3 Å². The molecule has 3 aliphatic rings. The Morgan fingerprint density at radius 1 is 0.853 bits per heavy atom. The number of benzene rings is 2. The molecule has 3 fully saturated rings. The van der Waals surface area contributed by atoms with Gasteiger partial charge in [0.1, 0.15) is 36.6 Å². The zero-order valence-electron chi connectivity index (χ0n) is 39.0. The lowest BCUT2D eigenvalue weighted by atomic mass is 9.68. The molecule has 2 saturated heterocycles. The van der Waals surface area contributed by atoms with Crippen molar-refractivity contribution in [3.8, 4) is 12.3 Å². The molecule has 20 heteroatoms. The van der Waals surface area contributed by atoms with Crippen molar-refractivity contribution in [3.05, 3.63) is 83.8 Å². The first-order valence-electron chi connectivity index (χ1n) is 23.2. The van der Waals surface area contributed by atoms with Crippen LogP contribution < -0.4 is 4.90 Å². The standard InChI is InChI=1S/C48H66N5O14P/c1-4-19-59-20-21-60-22-23-61-24-25-62-26-27-63-39-15-17-47(18-16-39)32-52(33-47)44-40-28-49-53(45(40)51-36(2)50-44)46-43(56)42(55)41(67-46)31-64-48(34-54,35-58-3)68(57,65-29-37-11-7-5-8-12-37)66-30-38-13-9-6-10-14-38/h1,5-14,28,39,41-43,46,54-56H,15-27,29-35H2,2-3H3/t41-,42-,43-,46-,48?/m1/s1. The molecule has 2 aromatic carbocycles. The van der Waals surface area contributed by atoms with Crippen molar-refractivity contribution in [3.63, 3.8) is 0 Å². The lowest BCUT2D eigenvalue weighted by molar-refractivity contribution is -0.128. The van der Waals surface area contributed by atoms with Crippen molar-refractivity contribution in [1.29, 1.82) is 0 Å². The Balaban J connectivity index is 0.909. The molecule has 1 unspecified atom stereocenters. The van der Waals surface area contributed by atoms with Crippen LogP contribution in [0.4, 0.5) is 5.82 Å². The van der Waals surface area contributed by atoms with Gasteiger partial charge in [-0.15, -0.1) is 6.42 Å². The molecule has 1 aliphatic carbocycles. The number of anilines is 1. The maximum Gasteiger partial charge on any atom is 0.367 e. The van der Waals surface area contributed by atoms with E-state index in [1.807, 2.05) is 60.7 Å². The molecule has 4 heterocycles. The third-order valence-corrected chi connectivity index (χ3v) is 14.8. The summed E-state index contributed by atoms with van der Waals surface area (Å²) in [5, 5.41) is 36.9. The third-order valence-electron chi connectivity index (χ3n) is 12.5. The summed E-state index contributed by atoms with van der Waals surface area (Å²) < 4.78 is 74.4. The van der Waals surface area contributed by atoms with Crippen LogP contribution >= 0.6 is 7.60 Å². The molecule has 5 atom stereocenters. The van der Waals surface area contributed by atoms with Gasteiger partial charge in [-0.25, -0.2) is 14.6 Å². The van der Waals surface area contributed by atoms with E-state index in [1.54, 1.807) is 13.1 Å². The van der Waals surface area contributed by atoms with E-state index >= 15 is 0 Å². The monoisotopic (exact) mass is 967 g/mol. The highest BCUT2D eigenvalue weighted by molar-refractivity contribution is 7.55. The van der Waals surface area contributed by atoms with E-state index in [0.717, 1.165) is 44.6 Å². The highest BCUT2D eigenvalue weighted by atomic mass is 31.2. The summed E-state index contributed by atoms with van der Waals surface area (Å²) >= 11 is 0. The zero-order valence-corrected chi connectivity index (χ0v) is 39.9. The van der Waals surface area contributed by atoms with Gasteiger partial charge in [0.05, 0.1) is 104 Å². The summed E-state index contributed by atoms with van der Waals surface area (Å²) in [6.07, 6.45) is 5.73. The number of hydrogen-bond acceptors (Lipinski definition) is 18. The van der Waals surface area contributed by atoms with Gasteiger partial charge in [-0.05, 0) is 43.7 Å². The van der Waals surface area contributed by atoms with E-state index in [2.05, 4.69) is 15.9 Å². The Morgan fingerprint density at radius 2 is 1.44 bits per heavy atom. The fourth-order valence-electron chi connectivity index (χ4n) is 8.76. The quantitative estimate of drug-likeness (QED) is 0.0395. The maximum absolute atomic E-state index is 14.9. The topological polar surface area (TPSA) is 217 Å². The van der Waals surface area contributed by atoms with Gasteiger partial charge in [0, 0.05) is 25.6 Å². The van der Waals surface area contributed by atoms with Crippen LogP contribution in [-0.2, 0) is 64.7 Å². The van der Waals surface area contributed by atoms with E-state index in [4.69, 9.17) is 63.3 Å². The molecule has 7 rings (SSSR count). The molecule has 0 amide bonds. The minimum absolute atomic E-state index is 0.117. The van der Waals surface area contributed by atoms with Gasteiger partial charge in [-0.2, -0.15) is 5.10 Å². The van der Waals surface area contributed by atoms with Gasteiger partial charge in [-0.3, -0.25) is 4.57 Å². The van der Waals surface area contributed by atoms with Crippen LogP contribution in [0.2, 0.25) is 0 Å². The fraction of sp³-hybridized carbons (Fsp3) is 0.604. The fourth-order valence-corrected chi connectivity index (χ4v) is 10.6. The minimum atomic E-state index is -4.40. The van der Waals surface area contributed by atoms with Crippen LogP contribution in [0, 0.1) is 24.7 Å². The Morgan fingerprint density at radius 3 is 2.01 bits per heavy atom. The number of nitrogens with zero attached hydrogens (tertiary/aromatic N) is 5. The number of aliphatic hydroxyl groups excluding tert-OH is 3. The molecule has 2 aromatic heterocycles. The van der Waals surface area contributed by atoms with Crippen LogP contribution in [-0.4, -0.2) is 164 Å². The first kappa shape index (κ1) is 51.9. The summed E-state index contributed by atoms with van der Waals surface area (Å²) in [7, 11) is -3.03. The number of aromatic nitrogens is 4. The second-order valence-corrected chi connectivity index (χ2v) is 19.7. The summed E-state index contributed by atoms with van der Waals surface area (Å²) in [6, 6.07) is 18.2. The zero-order chi connectivity index (χ0) is 47.8. The number of terminal acetylenes is 1. The first-order valence-corrected chi connectivity index (χ1v) is 24.7. The molecule has 19 nitrogen and oxygen atoms in total. The number of rotatable bonds is 29. The van der Waals surface area contributed by atoms with Crippen LogP contribution in [0.1, 0.15) is 48.9 Å². The van der Waals surface area contributed by atoms with Crippen molar-refractivity contribution >= 4 is 24.4 Å². The lowest BCUT2D eigenvalue weighted by Gasteiger charge is -2.54. The number of aryl methyl sites for hydroxylation is 1. The molecular formula is C48H66N5O14P. The average molecular weight is 968 g/mol. The normalized spacial score (nSPS) is 21.6. The van der Waals surface area contributed by atoms with Gasteiger partial charge in [0.2, 0.25) is 5.34 Å². The van der Waals surface area contributed by atoms with E-state index in [0.29, 0.717) is 80.8 Å². The average Bonchev–Trinajstić information content (AvgIpc) is 3.89. The summed E-state index contributed by atoms with van der Waals surface area (Å²) in [5.41, 5.74) is 2.02. The Labute approximate surface area is 397 Å². The predicted octanol–water partition coefficient (Wildman–Crippen LogP) is 4.20. The molecule has 0 bridgehead atoms. The second kappa shape index (κ2) is 25.3. The molecule has 1 spiro atoms. The van der Waals surface area contributed by atoms with Crippen LogP contribution in [0.5, 0.6) is 0 Å². The van der Waals surface area contributed by atoms with Gasteiger partial charge < -0.3 is 67.2 Å². The lowest BCUT2D eigenvalue weighted by Crippen LogP contribution is -2.58. The summed E-state index contributed by atoms with van der Waals surface area (Å²) in [5.74, 6) is 3.66. The van der Waals surface area contributed by atoms with E-state index in [1.165, 1.54) is 11.8 Å². The number of methoxy groups -OCH3 is 1. The highest BCUT2D eigenvalue weighted by Gasteiger charge is 2.55. The molecule has 2 aliphatic heterocycles. The van der Waals surface area contributed by atoms with Crippen molar-refractivity contribution in [1.82, 2.24) is 19.7 Å². The SMILES string of the molecule is C#CCOCCOCCOCCOCCOC1CCC2(CC1)CN(c1nc(C)nc3c1cnn3[C@@H]1O[C@H](COC(CO)(COC)P(=O)(OCc3ccccc3)OCc3ccccc3)[C@@H](O)[C@H]1O)C2. The van der Waals surface area contributed by atoms with Crippen molar-refractivity contribution in [2.45, 2.75) is 81.8 Å². The Kier molecular flexibility index (Phi) is 19.3. The number of ether oxygens (including phenoxy) is 8. The second-order valence-electron chi connectivity index (χ2n) is 17.4. The van der Waals surface area contributed by atoms with E-state index < -0.39 is 57.3 Å². The molecule has 4 aromatic rings. The van der Waals surface area contributed by atoms with Crippen molar-refractivity contribution < 1.29 is 66.8 Å². The smallest absolute Gasteiger partial charge is 0.367 e. The number of hydrogen-bond donors (Lipinski definition) is 3. The van der Waals surface area contributed by atoms with E-state index in [9.17, 15) is 19.9 Å². The van der Waals surface area contributed by atoms with Crippen LogP contribution in [0.25, 0.3) is 11.0 Å². The van der Waals surface area contributed by atoms with Gasteiger partial charge in [-0.1, -0.05) is 66.6 Å². The van der Waals surface area contributed by atoms with Crippen LogP contribution in [0.15, 0.2) is 66.9 Å². The summed E-state index contributed by atoms with van der Waals surface area (Å²) in [4.78, 5) is 11.8. The molecule has 3 N–H and O–H groups in total. The Hall–Kier alpha value is -3.94. The number of aliphatic hydroxyl groups is 3. The highest BCUT2D eigenvalue weighted by Crippen LogP contribution is 2.62. The number of fused-ring (bicyclic) bond motifs is 1. The van der Waals surface area contributed by atoms with Crippen LogP contribution in [0.3, 0.4) is 0 Å². The van der Waals surface area contributed by atoms with Crippen molar-refractivity contribution in [2.24, 2.45) is 5.41 Å². The first-order chi connectivity index (χ1) is 33.1. The molecule has 0 radical (unpaired) electrons. The maximum atomic E-state index is 14.9. The predicted molar refractivity (Wildman–Crippen MR) is 249 cm³/mol. The van der Waals surface area contributed by atoms with Gasteiger partial charge in [0.15, 0.2) is 11.9 Å². The van der Waals surface area contributed by atoms with Gasteiger partial charge in [0.25, 0.3) is 0 Å². The molecule has 372 valence electrons. The summed E-state index contributed by atoms with van der Waals surface area (Å²) in [6.45, 7) is 5.78. The molecule has 1 saturated carbocycles. The third kappa shape index (κ3) is 13.1. The minimum Gasteiger partial charge on any atom is -0.393 e. The Bertz CT molecular complexity index is 2170. The van der Waals surface area contributed by atoms with Crippen molar-refractivity contribution in [2.75, 3.05) is 104 Å². The largest absolute Gasteiger partial charge is 0.393 e. The molecule has 68 heavy (non-hydrogen) atoms.